The predicted octanol–water partition coefficient (Wildman–Crippen LogP) is 3.34. The summed E-state index contributed by atoms with van der Waals surface area (Å²) in [4.78, 5) is 14.7. The summed E-state index contributed by atoms with van der Waals surface area (Å²) in [6.45, 7) is 6.65. The van der Waals surface area contributed by atoms with Gasteiger partial charge in [0, 0.05) is 26.3 Å². The molecule has 1 aliphatic heterocycles. The number of ether oxygens (including phenoxy) is 1. The van der Waals surface area contributed by atoms with Gasteiger partial charge < -0.3 is 9.64 Å². The lowest BCUT2D eigenvalue weighted by Crippen LogP contribution is -2.33. The number of rotatable bonds is 6. The van der Waals surface area contributed by atoms with E-state index in [1.807, 2.05) is 25.1 Å². The number of nitrogens with zero attached hydrogens (tertiary/aromatic N) is 2. The van der Waals surface area contributed by atoms with Gasteiger partial charge in [-0.15, -0.1) is 0 Å². The van der Waals surface area contributed by atoms with E-state index in [4.69, 9.17) is 4.74 Å². The predicted molar refractivity (Wildman–Crippen MR) is 114 cm³/mol. The Balaban J connectivity index is 1.76. The van der Waals surface area contributed by atoms with Crippen molar-refractivity contribution in [2.45, 2.75) is 38.0 Å². The van der Waals surface area contributed by atoms with Crippen LogP contribution in [-0.4, -0.2) is 45.9 Å². The number of hydrogen-bond acceptors (Lipinski definition) is 4. The second-order valence-electron chi connectivity index (χ2n) is 7.86. The Morgan fingerprint density at radius 3 is 2.55 bits per heavy atom. The van der Waals surface area contributed by atoms with Crippen molar-refractivity contribution in [2.75, 3.05) is 32.1 Å². The van der Waals surface area contributed by atoms with Crippen molar-refractivity contribution in [1.29, 1.82) is 0 Å². The highest BCUT2D eigenvalue weighted by molar-refractivity contribution is 7.89. The van der Waals surface area contributed by atoms with Gasteiger partial charge in [0.1, 0.15) is 5.75 Å². The first-order chi connectivity index (χ1) is 13.6. The van der Waals surface area contributed by atoms with Crippen LogP contribution in [0.1, 0.15) is 36.5 Å². The molecular weight excluding hydrogens is 388 g/mol. The molecule has 0 spiro atoms. The van der Waals surface area contributed by atoms with Crippen molar-refractivity contribution in [3.63, 3.8) is 0 Å². The lowest BCUT2D eigenvalue weighted by molar-refractivity contribution is -0.120. The molecule has 29 heavy (non-hydrogen) atoms. The number of carbonyl (C=O) groups is 1. The minimum atomic E-state index is -3.49. The summed E-state index contributed by atoms with van der Waals surface area (Å²) < 4.78 is 31.8. The lowest BCUT2D eigenvalue weighted by atomic mass is 10.0. The van der Waals surface area contributed by atoms with Crippen LogP contribution in [0, 0.1) is 6.92 Å². The average Bonchev–Trinajstić information content (AvgIpc) is 3.09. The number of carbonyl (C=O) groups excluding carboxylic acids is 1. The van der Waals surface area contributed by atoms with E-state index in [-0.39, 0.29) is 17.4 Å². The maximum atomic E-state index is 12.8. The monoisotopic (exact) mass is 416 g/mol. The molecule has 0 bridgehead atoms. The van der Waals surface area contributed by atoms with Gasteiger partial charge in [0.05, 0.1) is 4.90 Å². The van der Waals surface area contributed by atoms with Crippen LogP contribution >= 0.6 is 0 Å². The molecule has 7 heteroatoms. The summed E-state index contributed by atoms with van der Waals surface area (Å²) in [5.74, 6) is 0.897. The molecule has 156 valence electrons. The van der Waals surface area contributed by atoms with Crippen molar-refractivity contribution < 1.29 is 17.9 Å². The van der Waals surface area contributed by atoms with Crippen LogP contribution in [0.15, 0.2) is 41.3 Å². The van der Waals surface area contributed by atoms with Gasteiger partial charge in [-0.2, -0.15) is 0 Å². The Kier molecular flexibility index (Phi) is 6.00. The molecule has 0 aliphatic carbocycles. The first-order valence-electron chi connectivity index (χ1n) is 9.70. The molecule has 0 fully saturated rings. The van der Waals surface area contributed by atoms with Crippen molar-refractivity contribution in [3.05, 3.63) is 53.1 Å². The summed E-state index contributed by atoms with van der Waals surface area (Å²) in [5.41, 5.74) is 3.77. The normalized spacial score (nSPS) is 13.8. The molecule has 0 radical (unpaired) electrons. The van der Waals surface area contributed by atoms with Crippen LogP contribution in [0.4, 0.5) is 5.69 Å². The van der Waals surface area contributed by atoms with Crippen molar-refractivity contribution in [2.24, 2.45) is 0 Å². The summed E-state index contributed by atoms with van der Waals surface area (Å²) >= 11 is 0. The Labute approximate surface area is 173 Å². The van der Waals surface area contributed by atoms with Crippen LogP contribution in [0.2, 0.25) is 0 Å². The molecule has 0 saturated heterocycles. The lowest BCUT2D eigenvalue weighted by Gasteiger charge is -2.20. The molecule has 2 aromatic rings. The molecule has 0 unspecified atom stereocenters. The van der Waals surface area contributed by atoms with E-state index in [0.29, 0.717) is 18.9 Å². The van der Waals surface area contributed by atoms with Gasteiger partial charge in [0.2, 0.25) is 10.0 Å². The quantitative estimate of drug-likeness (QED) is 0.724. The molecule has 2 aromatic carbocycles. The van der Waals surface area contributed by atoms with Gasteiger partial charge in [-0.25, -0.2) is 12.7 Å². The van der Waals surface area contributed by atoms with Gasteiger partial charge in [0.15, 0.2) is 6.61 Å². The minimum Gasteiger partial charge on any atom is -0.483 e. The van der Waals surface area contributed by atoms with Crippen molar-refractivity contribution in [1.82, 2.24) is 4.31 Å². The number of benzene rings is 2. The second-order valence-corrected chi connectivity index (χ2v) is 10.0. The van der Waals surface area contributed by atoms with Gasteiger partial charge in [-0.1, -0.05) is 26.0 Å². The SMILES string of the molecule is Cc1ccc(C(C)C)c(OCC(=O)N2CCc3cc(S(=O)(=O)N(C)C)ccc32)c1. The van der Waals surface area contributed by atoms with Crippen LogP contribution in [0.3, 0.4) is 0 Å². The Morgan fingerprint density at radius 1 is 1.17 bits per heavy atom. The molecule has 1 amide bonds. The average molecular weight is 417 g/mol. The molecular formula is C22H28N2O4S. The van der Waals surface area contributed by atoms with E-state index < -0.39 is 10.0 Å². The molecule has 1 heterocycles. The highest BCUT2D eigenvalue weighted by Gasteiger charge is 2.27. The molecule has 3 rings (SSSR count). The van der Waals surface area contributed by atoms with E-state index in [1.54, 1.807) is 23.1 Å². The Bertz CT molecular complexity index is 1030. The minimum absolute atomic E-state index is 0.0552. The van der Waals surface area contributed by atoms with E-state index in [2.05, 4.69) is 13.8 Å². The third-order valence-electron chi connectivity index (χ3n) is 5.17. The van der Waals surface area contributed by atoms with Crippen molar-refractivity contribution >= 4 is 21.6 Å². The molecule has 0 aromatic heterocycles. The summed E-state index contributed by atoms with van der Waals surface area (Å²) in [7, 11) is -0.482. The van der Waals surface area contributed by atoms with E-state index in [1.165, 1.54) is 18.4 Å². The number of sulfonamides is 1. The fourth-order valence-corrected chi connectivity index (χ4v) is 4.42. The molecule has 0 atom stereocenters. The molecule has 1 aliphatic rings. The van der Waals surface area contributed by atoms with Gasteiger partial charge in [-0.05, 0) is 60.2 Å². The van der Waals surface area contributed by atoms with E-state index in [9.17, 15) is 13.2 Å². The zero-order chi connectivity index (χ0) is 21.3. The van der Waals surface area contributed by atoms with E-state index >= 15 is 0 Å². The summed E-state index contributed by atoms with van der Waals surface area (Å²) in [6.07, 6.45) is 0.625. The standard InChI is InChI=1S/C22H28N2O4S/c1-15(2)19-8-6-16(3)12-21(19)28-14-22(25)24-11-10-17-13-18(7-9-20(17)24)29(26,27)23(4)5/h6-9,12-13,15H,10-11,14H2,1-5H3. The van der Waals surface area contributed by atoms with Crippen LogP contribution in [-0.2, 0) is 21.2 Å². The number of aryl methyl sites for hydroxylation is 1. The number of hydrogen-bond donors (Lipinski definition) is 0. The first-order valence-corrected chi connectivity index (χ1v) is 11.1. The maximum absolute atomic E-state index is 12.8. The Hall–Kier alpha value is -2.38. The second kappa shape index (κ2) is 8.16. The zero-order valence-corrected chi connectivity index (χ0v) is 18.4. The third-order valence-corrected chi connectivity index (χ3v) is 6.98. The topological polar surface area (TPSA) is 66.9 Å². The fraction of sp³-hybridized carbons (Fsp3) is 0.409. The molecule has 0 saturated carbocycles. The van der Waals surface area contributed by atoms with Gasteiger partial charge in [0.25, 0.3) is 5.91 Å². The van der Waals surface area contributed by atoms with Crippen LogP contribution in [0.5, 0.6) is 5.75 Å². The van der Waals surface area contributed by atoms with Crippen LogP contribution in [0.25, 0.3) is 0 Å². The number of amides is 1. The highest BCUT2D eigenvalue weighted by Crippen LogP contribution is 2.32. The third kappa shape index (κ3) is 4.31. The van der Waals surface area contributed by atoms with Gasteiger partial charge in [-0.3, -0.25) is 4.79 Å². The Morgan fingerprint density at radius 2 is 1.90 bits per heavy atom. The summed E-state index contributed by atoms with van der Waals surface area (Å²) in [5, 5.41) is 0. The number of fused-ring (bicyclic) bond motifs is 1. The summed E-state index contributed by atoms with van der Waals surface area (Å²) in [6, 6.07) is 11.0. The zero-order valence-electron chi connectivity index (χ0n) is 17.6. The number of anilines is 1. The van der Waals surface area contributed by atoms with Gasteiger partial charge >= 0.3 is 0 Å². The fourth-order valence-electron chi connectivity index (χ4n) is 3.47. The first kappa shape index (κ1) is 21.3. The molecule has 0 N–H and O–H groups in total. The largest absolute Gasteiger partial charge is 0.483 e. The molecule has 6 nitrogen and oxygen atoms in total. The highest BCUT2D eigenvalue weighted by atomic mass is 32.2. The smallest absolute Gasteiger partial charge is 0.264 e. The van der Waals surface area contributed by atoms with Crippen LogP contribution < -0.4 is 9.64 Å². The van der Waals surface area contributed by atoms with E-state index in [0.717, 1.165) is 28.1 Å². The maximum Gasteiger partial charge on any atom is 0.264 e. The van der Waals surface area contributed by atoms with Crippen molar-refractivity contribution in [3.8, 4) is 5.75 Å².